The van der Waals surface area contributed by atoms with Crippen molar-refractivity contribution in [3.63, 3.8) is 0 Å². The van der Waals surface area contributed by atoms with E-state index >= 15 is 0 Å². The van der Waals surface area contributed by atoms with Crippen LogP contribution in [-0.4, -0.2) is 39.9 Å². The van der Waals surface area contributed by atoms with Gasteiger partial charge in [-0.2, -0.15) is 8.42 Å². The van der Waals surface area contributed by atoms with Crippen LogP contribution in [0.3, 0.4) is 0 Å². The maximum atomic E-state index is 11.7. The minimum Gasteiger partial charge on any atom is -1.00 e. The van der Waals surface area contributed by atoms with Crippen molar-refractivity contribution in [2.75, 3.05) is 0 Å². The van der Waals surface area contributed by atoms with E-state index in [1.807, 2.05) is 6.92 Å². The second-order valence-corrected chi connectivity index (χ2v) is 7.52. The molecule has 9 heteroatoms. The molecule has 22 heavy (non-hydrogen) atoms. The maximum absolute atomic E-state index is 11.7. The Hall–Kier alpha value is -0.150. The molecule has 1 unspecified atom stereocenters. The summed E-state index contributed by atoms with van der Waals surface area (Å²) in [5.74, 6) is -3.43. The van der Waals surface area contributed by atoms with Crippen molar-refractivity contribution in [3.8, 4) is 0 Å². The van der Waals surface area contributed by atoms with Crippen LogP contribution in [-0.2, 0) is 19.7 Å². The van der Waals surface area contributed by atoms with Crippen LogP contribution < -0.4 is 29.6 Å². The van der Waals surface area contributed by atoms with Gasteiger partial charge in [-0.1, -0.05) is 46.5 Å². The van der Waals surface area contributed by atoms with E-state index < -0.39 is 38.6 Å². The Balaban J connectivity index is -0.00000200. The summed E-state index contributed by atoms with van der Waals surface area (Å²) in [7, 11) is -5.10. The van der Waals surface area contributed by atoms with Crippen molar-refractivity contribution in [3.05, 3.63) is 0 Å². The monoisotopic (exact) mass is 348 g/mol. The zero-order valence-electron chi connectivity index (χ0n) is 14.6. The molecule has 0 fully saturated rings. The summed E-state index contributed by atoms with van der Waals surface area (Å²) in [5, 5.41) is 18.2. The standard InChI is InChI=1S/C13H24O7S.Na.H/c1-4-5-6-7-8-12(2,3)13(11(16)17,9-10(14)15)21(18,19)20;;/h4-9H2,1-3H3,(H,14,15)(H,16,17)(H,18,19,20);;/q;+1;-1. The number of carboxylic acids is 2. The third-order valence-electron chi connectivity index (χ3n) is 3.93. The van der Waals surface area contributed by atoms with Crippen molar-refractivity contribution in [1.82, 2.24) is 0 Å². The number of rotatable bonds is 10. The molecule has 0 aliphatic rings. The van der Waals surface area contributed by atoms with Gasteiger partial charge in [-0.25, -0.2) is 0 Å². The second-order valence-electron chi connectivity index (χ2n) is 5.87. The topological polar surface area (TPSA) is 129 Å². The van der Waals surface area contributed by atoms with Gasteiger partial charge >= 0.3 is 41.5 Å². The maximum Gasteiger partial charge on any atom is 1.00 e. The molecule has 0 heterocycles. The fraction of sp³-hybridized carbons (Fsp3) is 0.846. The predicted molar refractivity (Wildman–Crippen MR) is 77.8 cm³/mol. The van der Waals surface area contributed by atoms with Gasteiger partial charge in [0.15, 0.2) is 0 Å². The summed E-state index contributed by atoms with van der Waals surface area (Å²) in [6.07, 6.45) is 2.23. The molecule has 7 nitrogen and oxygen atoms in total. The summed E-state index contributed by atoms with van der Waals surface area (Å²) in [4.78, 5) is 22.5. The van der Waals surface area contributed by atoms with Gasteiger partial charge in [0.1, 0.15) is 0 Å². The summed E-state index contributed by atoms with van der Waals surface area (Å²) >= 11 is 0. The molecule has 0 aliphatic carbocycles. The molecule has 126 valence electrons. The quantitative estimate of drug-likeness (QED) is 0.270. The molecule has 0 aromatic heterocycles. The minimum atomic E-state index is -5.10. The Morgan fingerprint density at radius 2 is 1.59 bits per heavy atom. The Bertz CT molecular complexity index is 493. The van der Waals surface area contributed by atoms with Crippen LogP contribution in [0.4, 0.5) is 0 Å². The van der Waals surface area contributed by atoms with Crippen LogP contribution in [0.1, 0.15) is 60.7 Å². The molecule has 0 bridgehead atoms. The number of hydrogen-bond acceptors (Lipinski definition) is 4. The number of hydrogen-bond donors (Lipinski definition) is 3. The Labute approximate surface area is 155 Å². The Kier molecular flexibility index (Phi) is 10.1. The zero-order chi connectivity index (χ0) is 16.9. The average molecular weight is 348 g/mol. The van der Waals surface area contributed by atoms with Gasteiger partial charge in [0.05, 0.1) is 6.42 Å². The van der Waals surface area contributed by atoms with Crippen molar-refractivity contribution in [2.24, 2.45) is 5.41 Å². The molecule has 0 radical (unpaired) electrons. The summed E-state index contributed by atoms with van der Waals surface area (Å²) in [6.45, 7) is 4.73. The van der Waals surface area contributed by atoms with Crippen LogP contribution in [0.15, 0.2) is 0 Å². The fourth-order valence-electron chi connectivity index (χ4n) is 2.56. The predicted octanol–water partition coefficient (Wildman–Crippen LogP) is -0.715. The van der Waals surface area contributed by atoms with Gasteiger partial charge in [-0.05, 0) is 11.8 Å². The molecule has 1 atom stereocenters. The number of aliphatic carboxylic acids is 2. The number of unbranched alkanes of at least 4 members (excludes halogenated alkanes) is 3. The normalized spacial score (nSPS) is 14.7. The second kappa shape index (κ2) is 9.22. The molecule has 0 saturated heterocycles. The first kappa shape index (κ1) is 24.1. The molecular weight excluding hydrogens is 323 g/mol. The zero-order valence-corrected chi connectivity index (χ0v) is 16.4. The number of carboxylic acid groups (broad SMARTS) is 2. The average Bonchev–Trinajstić information content (AvgIpc) is 2.29. The minimum absolute atomic E-state index is 0. The van der Waals surface area contributed by atoms with Crippen LogP contribution in [0.25, 0.3) is 0 Å². The Morgan fingerprint density at radius 3 is 1.91 bits per heavy atom. The summed E-state index contributed by atoms with van der Waals surface area (Å²) in [6, 6.07) is 0. The van der Waals surface area contributed by atoms with E-state index in [4.69, 9.17) is 5.11 Å². The van der Waals surface area contributed by atoms with Crippen LogP contribution in [0.5, 0.6) is 0 Å². The van der Waals surface area contributed by atoms with Gasteiger partial charge in [-0.15, -0.1) is 0 Å². The summed E-state index contributed by atoms with van der Waals surface area (Å²) in [5.41, 5.74) is -1.42. The Morgan fingerprint density at radius 1 is 1.09 bits per heavy atom. The van der Waals surface area contributed by atoms with Gasteiger partial charge in [-0.3, -0.25) is 14.1 Å². The first-order valence-electron chi connectivity index (χ1n) is 6.84. The first-order valence-corrected chi connectivity index (χ1v) is 8.28. The van der Waals surface area contributed by atoms with Crippen LogP contribution in [0, 0.1) is 5.41 Å². The fourth-order valence-corrected chi connectivity index (χ4v) is 3.89. The van der Waals surface area contributed by atoms with E-state index in [0.717, 1.165) is 19.3 Å². The molecule has 0 aromatic carbocycles. The largest absolute Gasteiger partial charge is 1.00 e. The van der Waals surface area contributed by atoms with E-state index in [0.29, 0.717) is 6.42 Å². The first-order chi connectivity index (χ1) is 9.42. The van der Waals surface area contributed by atoms with Crippen molar-refractivity contribution >= 4 is 22.1 Å². The third-order valence-corrected chi connectivity index (χ3v) is 5.69. The molecule has 0 saturated carbocycles. The third kappa shape index (κ3) is 5.49. The van der Waals surface area contributed by atoms with Gasteiger partial charge in [0, 0.05) is 0 Å². The summed E-state index contributed by atoms with van der Waals surface area (Å²) < 4.78 is 30.0. The van der Waals surface area contributed by atoms with E-state index in [-0.39, 0.29) is 37.4 Å². The van der Waals surface area contributed by atoms with Crippen molar-refractivity contribution in [2.45, 2.75) is 64.0 Å². The van der Waals surface area contributed by atoms with Gasteiger partial charge < -0.3 is 11.6 Å². The smallest absolute Gasteiger partial charge is 1.00 e. The molecule has 0 aromatic rings. The molecule has 3 N–H and O–H groups in total. The molecular formula is C13H25NaO7S. The van der Waals surface area contributed by atoms with Crippen molar-refractivity contribution in [1.29, 1.82) is 0 Å². The van der Waals surface area contributed by atoms with Gasteiger partial charge in [0.25, 0.3) is 10.1 Å². The van der Waals surface area contributed by atoms with E-state index in [1.165, 1.54) is 13.8 Å². The van der Waals surface area contributed by atoms with E-state index in [1.54, 1.807) is 0 Å². The SMILES string of the molecule is CCCCCCC(C)(C)C(CC(=O)O)(C(=O)O)S(=O)(=O)O.[H-].[Na+]. The molecule has 0 rings (SSSR count). The molecule has 0 amide bonds. The number of carbonyl (C=O) groups is 2. The van der Waals surface area contributed by atoms with Gasteiger partial charge in [0.2, 0.25) is 4.75 Å². The van der Waals surface area contributed by atoms with E-state index in [2.05, 4.69) is 0 Å². The molecule has 0 aliphatic heterocycles. The molecule has 0 spiro atoms. The van der Waals surface area contributed by atoms with E-state index in [9.17, 15) is 27.7 Å². The van der Waals surface area contributed by atoms with Crippen molar-refractivity contribution < 1.29 is 63.8 Å². The van der Waals surface area contributed by atoms with Crippen LogP contribution >= 0.6 is 0 Å². The van der Waals surface area contributed by atoms with Crippen LogP contribution in [0.2, 0.25) is 0 Å².